The molecule has 29 heavy (non-hydrogen) atoms. The molecular weight excluding hydrogens is 390 g/mol. The van der Waals surface area contributed by atoms with Crippen molar-refractivity contribution < 1.29 is 37.7 Å². The molecule has 10 heteroatoms. The van der Waals surface area contributed by atoms with Gasteiger partial charge in [-0.15, -0.1) is 0 Å². The highest BCUT2D eigenvalue weighted by Gasteiger charge is 2.40. The van der Waals surface area contributed by atoms with E-state index in [2.05, 4.69) is 10.6 Å². The van der Waals surface area contributed by atoms with Crippen LogP contribution in [0, 0.1) is 0 Å². The van der Waals surface area contributed by atoms with Crippen molar-refractivity contribution in [2.24, 2.45) is 0 Å². The van der Waals surface area contributed by atoms with Crippen LogP contribution in [0.4, 0.5) is 13.6 Å². The molecule has 0 aromatic heterocycles. The molecule has 0 aromatic rings. The minimum absolute atomic E-state index is 0.0513. The zero-order valence-corrected chi connectivity index (χ0v) is 17.3. The van der Waals surface area contributed by atoms with Crippen LogP contribution < -0.4 is 10.6 Å². The third kappa shape index (κ3) is 7.96. The minimum atomic E-state index is -3.27. The molecule has 0 saturated carbocycles. The Morgan fingerprint density at radius 3 is 2.24 bits per heavy atom. The van der Waals surface area contributed by atoms with E-state index in [1.165, 1.54) is 6.08 Å². The van der Waals surface area contributed by atoms with Crippen molar-refractivity contribution in [2.45, 2.75) is 90.2 Å². The van der Waals surface area contributed by atoms with Crippen LogP contribution in [0.3, 0.4) is 0 Å². The molecular formula is C19H30F2N2O6. The first-order chi connectivity index (χ1) is 13.4. The Kier molecular flexibility index (Phi) is 9.00. The van der Waals surface area contributed by atoms with Crippen molar-refractivity contribution in [1.82, 2.24) is 10.6 Å². The van der Waals surface area contributed by atoms with Gasteiger partial charge in [0.2, 0.25) is 0 Å². The highest BCUT2D eigenvalue weighted by Crippen LogP contribution is 2.25. The Hall–Kier alpha value is -2.23. The van der Waals surface area contributed by atoms with Gasteiger partial charge < -0.3 is 25.2 Å². The van der Waals surface area contributed by atoms with Gasteiger partial charge in [-0.25, -0.2) is 9.59 Å². The van der Waals surface area contributed by atoms with Crippen LogP contribution in [0.25, 0.3) is 0 Å². The molecule has 0 aromatic carbocycles. The largest absolute Gasteiger partial charge is 0.478 e. The second kappa shape index (κ2) is 10.5. The maximum Gasteiger partial charge on any atom is 0.407 e. The molecule has 0 aliphatic heterocycles. The average molecular weight is 420 g/mol. The molecule has 0 bridgehead atoms. The summed E-state index contributed by atoms with van der Waals surface area (Å²) in [5.41, 5.74) is -0.873. The predicted molar refractivity (Wildman–Crippen MR) is 101 cm³/mol. The highest BCUT2D eigenvalue weighted by atomic mass is 19.3. The molecule has 0 fully saturated rings. The zero-order valence-electron chi connectivity index (χ0n) is 17.3. The lowest BCUT2D eigenvalue weighted by atomic mass is 9.87. The Morgan fingerprint density at radius 1 is 1.21 bits per heavy atom. The summed E-state index contributed by atoms with van der Waals surface area (Å²) in [6.07, 6.45) is -3.11. The van der Waals surface area contributed by atoms with E-state index >= 15 is 0 Å². The Balaban J connectivity index is 3.21. The van der Waals surface area contributed by atoms with E-state index < -0.39 is 48.2 Å². The van der Waals surface area contributed by atoms with Crippen molar-refractivity contribution in [1.29, 1.82) is 0 Å². The van der Waals surface area contributed by atoms with Gasteiger partial charge in [0.05, 0.1) is 24.3 Å². The predicted octanol–water partition coefficient (Wildman–Crippen LogP) is 2.62. The van der Waals surface area contributed by atoms with Gasteiger partial charge in [0.15, 0.2) is 0 Å². The first-order valence-electron chi connectivity index (χ1n) is 9.55. The van der Waals surface area contributed by atoms with Crippen LogP contribution >= 0.6 is 0 Å². The molecule has 0 saturated heterocycles. The SMILES string of the molecule is CCC(CC)O[C@@H]1C=C(C(=O)O)C[C@H](NC(=O)OC(C)(C)C)[C@H]1NC(=O)C(F)F. The number of halogens is 2. The molecule has 0 unspecified atom stereocenters. The second-order valence-corrected chi connectivity index (χ2v) is 7.83. The monoisotopic (exact) mass is 420 g/mol. The van der Waals surface area contributed by atoms with Crippen LogP contribution in [-0.4, -0.2) is 59.4 Å². The Bertz CT molecular complexity index is 629. The van der Waals surface area contributed by atoms with E-state index in [4.69, 9.17) is 9.47 Å². The van der Waals surface area contributed by atoms with E-state index in [1.54, 1.807) is 20.8 Å². The van der Waals surface area contributed by atoms with Crippen molar-refractivity contribution in [3.63, 3.8) is 0 Å². The van der Waals surface area contributed by atoms with Crippen LogP contribution in [0.15, 0.2) is 11.6 Å². The molecule has 0 spiro atoms. The number of ether oxygens (including phenoxy) is 2. The van der Waals surface area contributed by atoms with Gasteiger partial charge in [-0.3, -0.25) is 4.79 Å². The fraction of sp³-hybridized carbons (Fsp3) is 0.737. The number of alkyl carbamates (subject to hydrolysis) is 1. The third-order valence-electron chi connectivity index (χ3n) is 4.34. The number of alkyl halides is 2. The number of hydrogen-bond donors (Lipinski definition) is 3. The Labute approximate surface area is 169 Å². The summed E-state index contributed by atoms with van der Waals surface area (Å²) in [6.45, 7) is 8.66. The summed E-state index contributed by atoms with van der Waals surface area (Å²) < 4.78 is 36.8. The number of amides is 2. The first kappa shape index (κ1) is 24.8. The van der Waals surface area contributed by atoms with Gasteiger partial charge in [-0.05, 0) is 39.7 Å². The fourth-order valence-corrected chi connectivity index (χ4v) is 2.96. The number of hydrogen-bond acceptors (Lipinski definition) is 5. The average Bonchev–Trinajstić information content (AvgIpc) is 2.59. The Morgan fingerprint density at radius 2 is 1.79 bits per heavy atom. The molecule has 1 aliphatic carbocycles. The lowest BCUT2D eigenvalue weighted by Crippen LogP contribution is -2.61. The number of carboxylic acid groups (broad SMARTS) is 1. The minimum Gasteiger partial charge on any atom is -0.478 e. The van der Waals surface area contributed by atoms with E-state index in [1.807, 2.05) is 13.8 Å². The lowest BCUT2D eigenvalue weighted by molar-refractivity contribution is -0.135. The van der Waals surface area contributed by atoms with Crippen LogP contribution in [-0.2, 0) is 19.1 Å². The van der Waals surface area contributed by atoms with Gasteiger partial charge in [-0.2, -0.15) is 8.78 Å². The maximum absolute atomic E-state index is 12.8. The summed E-state index contributed by atoms with van der Waals surface area (Å²) >= 11 is 0. The lowest BCUT2D eigenvalue weighted by Gasteiger charge is -2.38. The van der Waals surface area contributed by atoms with Crippen LogP contribution in [0.5, 0.6) is 0 Å². The van der Waals surface area contributed by atoms with Crippen molar-refractivity contribution in [2.75, 3.05) is 0 Å². The smallest absolute Gasteiger partial charge is 0.407 e. The standard InChI is InChI=1S/C19H30F2N2O6/c1-6-11(7-2)28-13-9-10(17(25)26)8-12(14(13)23-16(24)15(20)21)22-18(27)29-19(3,4)5/h9,11-15H,6-8H2,1-5H3,(H,22,27)(H,23,24)(H,25,26)/t12-,13+,14+/m0/s1. The molecule has 3 N–H and O–H groups in total. The molecule has 8 nitrogen and oxygen atoms in total. The number of rotatable bonds is 8. The van der Waals surface area contributed by atoms with E-state index in [0.717, 1.165) is 0 Å². The quantitative estimate of drug-likeness (QED) is 0.556. The zero-order chi connectivity index (χ0) is 22.4. The number of aliphatic carboxylic acids is 1. The number of carbonyl (C=O) groups is 3. The maximum atomic E-state index is 12.8. The molecule has 1 rings (SSSR count). The van der Waals surface area contributed by atoms with Crippen molar-refractivity contribution in [3.8, 4) is 0 Å². The first-order valence-corrected chi connectivity index (χ1v) is 9.55. The van der Waals surface area contributed by atoms with E-state index in [0.29, 0.717) is 12.8 Å². The topological polar surface area (TPSA) is 114 Å². The summed E-state index contributed by atoms with van der Waals surface area (Å²) in [6, 6.07) is -2.10. The molecule has 0 heterocycles. The van der Waals surface area contributed by atoms with Gasteiger partial charge in [0, 0.05) is 12.0 Å². The van der Waals surface area contributed by atoms with E-state index in [-0.39, 0.29) is 18.1 Å². The van der Waals surface area contributed by atoms with Crippen molar-refractivity contribution in [3.05, 3.63) is 11.6 Å². The molecule has 3 atom stereocenters. The van der Waals surface area contributed by atoms with Crippen LogP contribution in [0.1, 0.15) is 53.9 Å². The third-order valence-corrected chi connectivity index (χ3v) is 4.34. The van der Waals surface area contributed by atoms with E-state index in [9.17, 15) is 28.3 Å². The van der Waals surface area contributed by atoms with Gasteiger partial charge in [0.1, 0.15) is 5.60 Å². The molecule has 1 aliphatic rings. The molecule has 0 radical (unpaired) electrons. The molecule has 166 valence electrons. The van der Waals surface area contributed by atoms with Crippen LogP contribution in [0.2, 0.25) is 0 Å². The number of nitrogens with one attached hydrogen (secondary N) is 2. The number of carboxylic acids is 1. The second-order valence-electron chi connectivity index (χ2n) is 7.83. The van der Waals surface area contributed by atoms with Crippen molar-refractivity contribution >= 4 is 18.0 Å². The van der Waals surface area contributed by atoms with Gasteiger partial charge in [0.25, 0.3) is 5.91 Å². The normalized spacial score (nSPS) is 22.2. The molecule has 2 amide bonds. The summed E-state index contributed by atoms with van der Waals surface area (Å²) in [4.78, 5) is 35.4. The number of carbonyl (C=O) groups excluding carboxylic acids is 2. The summed E-state index contributed by atoms with van der Waals surface area (Å²) in [5, 5.41) is 14.1. The summed E-state index contributed by atoms with van der Waals surface area (Å²) in [5.74, 6) is -2.76. The summed E-state index contributed by atoms with van der Waals surface area (Å²) in [7, 11) is 0. The van der Waals surface area contributed by atoms with Gasteiger partial charge in [-0.1, -0.05) is 13.8 Å². The highest BCUT2D eigenvalue weighted by molar-refractivity contribution is 5.87. The fourth-order valence-electron chi connectivity index (χ4n) is 2.96. The van der Waals surface area contributed by atoms with Gasteiger partial charge >= 0.3 is 18.5 Å².